The number of hydrogen-bond donors (Lipinski definition) is 2. The van der Waals surface area contributed by atoms with E-state index in [1.165, 1.54) is 17.4 Å². The summed E-state index contributed by atoms with van der Waals surface area (Å²) in [5.41, 5.74) is 1.62. The van der Waals surface area contributed by atoms with Gasteiger partial charge in [-0.3, -0.25) is 10.1 Å². The number of benzene rings is 1. The van der Waals surface area contributed by atoms with Crippen molar-refractivity contribution in [2.45, 2.75) is 39.5 Å². The van der Waals surface area contributed by atoms with Gasteiger partial charge in [0.2, 0.25) is 0 Å². The Morgan fingerprint density at radius 2 is 2.00 bits per heavy atom. The van der Waals surface area contributed by atoms with E-state index in [0.717, 1.165) is 36.1 Å². The maximum atomic E-state index is 12.6. The summed E-state index contributed by atoms with van der Waals surface area (Å²) >= 11 is 6.86. The van der Waals surface area contributed by atoms with E-state index in [-0.39, 0.29) is 29.1 Å². The van der Waals surface area contributed by atoms with Crippen LogP contribution in [0, 0.1) is 10.1 Å². The minimum absolute atomic E-state index is 0.152. The second kappa shape index (κ2) is 9.86. The molecule has 0 radical (unpaired) electrons. The molecule has 3 rings (SSSR count). The fraction of sp³-hybridized carbons (Fsp3) is 0.400. The Kier molecular flexibility index (Phi) is 7.22. The normalized spacial score (nSPS) is 12.6. The van der Waals surface area contributed by atoms with E-state index in [1.54, 1.807) is 26.0 Å². The summed E-state index contributed by atoms with van der Waals surface area (Å²) < 4.78 is 10.6. The molecule has 0 amide bonds. The zero-order valence-electron chi connectivity index (χ0n) is 16.8. The highest BCUT2D eigenvalue weighted by Crippen LogP contribution is 2.39. The number of thiophene rings is 1. The summed E-state index contributed by atoms with van der Waals surface area (Å²) in [4.78, 5) is 24.7. The number of ether oxygens (including phenoxy) is 2. The SMILES string of the molecule is CCOC(=O)c1c(NC(=S)Nc2ccc(OCC)cc2[N+](=O)[O-])sc2c1CCCC2. The van der Waals surface area contributed by atoms with Crippen molar-refractivity contribution < 1.29 is 19.2 Å². The highest BCUT2D eigenvalue weighted by atomic mass is 32.1. The van der Waals surface area contributed by atoms with Crippen LogP contribution in [0.5, 0.6) is 5.75 Å². The van der Waals surface area contributed by atoms with E-state index in [0.29, 0.717) is 22.9 Å². The molecule has 0 fully saturated rings. The van der Waals surface area contributed by atoms with Gasteiger partial charge in [0, 0.05) is 4.88 Å². The van der Waals surface area contributed by atoms with Crippen LogP contribution in [0.3, 0.4) is 0 Å². The summed E-state index contributed by atoms with van der Waals surface area (Å²) in [5.74, 6) is 0.0263. The predicted octanol–water partition coefficient (Wildman–Crippen LogP) is 4.92. The Bertz CT molecular complexity index is 974. The Labute approximate surface area is 183 Å². The van der Waals surface area contributed by atoms with Gasteiger partial charge >= 0.3 is 5.97 Å². The topological polar surface area (TPSA) is 103 Å². The van der Waals surface area contributed by atoms with Crippen molar-refractivity contribution in [2.75, 3.05) is 23.8 Å². The fourth-order valence-corrected chi connectivity index (χ4v) is 4.91. The molecule has 2 N–H and O–H groups in total. The maximum Gasteiger partial charge on any atom is 0.341 e. The molecule has 10 heteroatoms. The third-order valence-corrected chi connectivity index (χ3v) is 6.01. The van der Waals surface area contributed by atoms with Crippen LogP contribution >= 0.6 is 23.6 Å². The first-order valence-corrected chi connectivity index (χ1v) is 11.0. The van der Waals surface area contributed by atoms with Gasteiger partial charge in [0.05, 0.1) is 29.8 Å². The smallest absolute Gasteiger partial charge is 0.341 e. The molecule has 1 heterocycles. The average Bonchev–Trinajstić information content (AvgIpc) is 3.07. The number of hydrogen-bond acceptors (Lipinski definition) is 7. The molecule has 30 heavy (non-hydrogen) atoms. The molecule has 1 aromatic heterocycles. The lowest BCUT2D eigenvalue weighted by molar-refractivity contribution is -0.384. The van der Waals surface area contributed by atoms with Gasteiger partial charge in [-0.1, -0.05) is 0 Å². The van der Waals surface area contributed by atoms with Crippen LogP contribution in [0.4, 0.5) is 16.4 Å². The lowest BCUT2D eigenvalue weighted by atomic mass is 9.95. The van der Waals surface area contributed by atoms with E-state index in [9.17, 15) is 14.9 Å². The monoisotopic (exact) mass is 449 g/mol. The predicted molar refractivity (Wildman–Crippen MR) is 121 cm³/mol. The minimum Gasteiger partial charge on any atom is -0.494 e. The van der Waals surface area contributed by atoms with Crippen LogP contribution in [0.2, 0.25) is 0 Å². The van der Waals surface area contributed by atoms with Crippen molar-refractivity contribution in [3.63, 3.8) is 0 Å². The number of nitrogens with zero attached hydrogens (tertiary/aromatic N) is 1. The van der Waals surface area contributed by atoms with Crippen LogP contribution < -0.4 is 15.4 Å². The number of nitro benzene ring substituents is 1. The number of rotatable bonds is 7. The summed E-state index contributed by atoms with van der Waals surface area (Å²) in [6, 6.07) is 4.53. The molecule has 2 aromatic rings. The van der Waals surface area contributed by atoms with Crippen molar-refractivity contribution in [1.29, 1.82) is 0 Å². The number of aryl methyl sites for hydroxylation is 1. The Hall–Kier alpha value is -2.72. The number of anilines is 2. The van der Waals surface area contributed by atoms with Crippen molar-refractivity contribution in [3.05, 3.63) is 44.3 Å². The van der Waals surface area contributed by atoms with Gasteiger partial charge in [0.1, 0.15) is 16.4 Å². The van der Waals surface area contributed by atoms with Crippen molar-refractivity contribution in [1.82, 2.24) is 0 Å². The number of esters is 1. The summed E-state index contributed by atoms with van der Waals surface area (Å²) in [6.07, 6.45) is 3.85. The van der Waals surface area contributed by atoms with E-state index in [4.69, 9.17) is 21.7 Å². The van der Waals surface area contributed by atoms with E-state index in [1.807, 2.05) is 0 Å². The molecular weight excluding hydrogens is 426 g/mol. The van der Waals surface area contributed by atoms with Gasteiger partial charge in [-0.2, -0.15) is 0 Å². The van der Waals surface area contributed by atoms with E-state index >= 15 is 0 Å². The molecule has 160 valence electrons. The highest BCUT2D eigenvalue weighted by molar-refractivity contribution is 7.80. The molecule has 0 bridgehead atoms. The van der Waals surface area contributed by atoms with Crippen molar-refractivity contribution in [2.24, 2.45) is 0 Å². The number of nitro groups is 1. The minimum atomic E-state index is -0.499. The molecule has 0 spiro atoms. The quantitative estimate of drug-likeness (QED) is 0.266. The first kappa shape index (κ1) is 22.0. The van der Waals surface area contributed by atoms with E-state index in [2.05, 4.69) is 10.6 Å². The maximum absolute atomic E-state index is 12.6. The molecule has 1 aliphatic rings. The second-order valence-electron chi connectivity index (χ2n) is 6.58. The Morgan fingerprint density at radius 1 is 1.23 bits per heavy atom. The molecule has 0 atom stereocenters. The molecule has 8 nitrogen and oxygen atoms in total. The highest BCUT2D eigenvalue weighted by Gasteiger charge is 2.27. The third-order valence-electron chi connectivity index (χ3n) is 4.60. The molecule has 0 saturated carbocycles. The van der Waals surface area contributed by atoms with Gasteiger partial charge < -0.3 is 20.1 Å². The lowest BCUT2D eigenvalue weighted by Gasteiger charge is -2.13. The van der Waals surface area contributed by atoms with Gasteiger partial charge in [0.25, 0.3) is 5.69 Å². The second-order valence-corrected chi connectivity index (χ2v) is 8.10. The lowest BCUT2D eigenvalue weighted by Crippen LogP contribution is -2.21. The molecule has 0 aliphatic heterocycles. The molecule has 1 aromatic carbocycles. The number of thiocarbonyl (C=S) groups is 1. The fourth-order valence-electron chi connectivity index (χ4n) is 3.35. The average molecular weight is 450 g/mol. The largest absolute Gasteiger partial charge is 0.494 e. The first-order valence-electron chi connectivity index (χ1n) is 9.75. The zero-order chi connectivity index (χ0) is 21.7. The zero-order valence-corrected chi connectivity index (χ0v) is 18.4. The van der Waals surface area contributed by atoms with Gasteiger partial charge in [-0.05, 0) is 69.4 Å². The number of carbonyl (C=O) groups excluding carboxylic acids is 1. The number of nitrogens with one attached hydrogen (secondary N) is 2. The van der Waals surface area contributed by atoms with Gasteiger partial charge in [-0.15, -0.1) is 11.3 Å². The van der Waals surface area contributed by atoms with E-state index < -0.39 is 4.92 Å². The molecule has 1 aliphatic carbocycles. The first-order chi connectivity index (χ1) is 14.4. The number of fused-ring (bicyclic) bond motifs is 1. The van der Waals surface area contributed by atoms with Crippen LogP contribution in [0.25, 0.3) is 0 Å². The van der Waals surface area contributed by atoms with Gasteiger partial charge in [-0.25, -0.2) is 4.79 Å². The summed E-state index contributed by atoms with van der Waals surface area (Å²) in [6.45, 7) is 4.26. The third kappa shape index (κ3) is 4.88. The number of carbonyl (C=O) groups is 1. The molecule has 0 unspecified atom stereocenters. The van der Waals surface area contributed by atoms with Crippen LogP contribution in [-0.2, 0) is 17.6 Å². The van der Waals surface area contributed by atoms with Crippen LogP contribution in [0.15, 0.2) is 18.2 Å². The standard InChI is InChI=1S/C20H23N3O5S2/c1-3-27-12-9-10-14(15(11-12)23(25)26)21-20(29)22-18-17(19(24)28-4-2)13-7-5-6-8-16(13)30-18/h9-11H,3-8H2,1-2H3,(H2,21,22,29). The van der Waals surface area contributed by atoms with Crippen molar-refractivity contribution >= 4 is 51.0 Å². The Balaban J connectivity index is 1.84. The summed E-state index contributed by atoms with van der Waals surface area (Å²) in [5, 5.41) is 18.1. The Morgan fingerprint density at radius 3 is 2.70 bits per heavy atom. The van der Waals surface area contributed by atoms with Crippen LogP contribution in [0.1, 0.15) is 47.5 Å². The van der Waals surface area contributed by atoms with Crippen molar-refractivity contribution in [3.8, 4) is 5.75 Å². The molecular formula is C20H23N3O5S2. The van der Waals surface area contributed by atoms with Crippen LogP contribution in [-0.4, -0.2) is 29.2 Å². The summed E-state index contributed by atoms with van der Waals surface area (Å²) in [7, 11) is 0. The van der Waals surface area contributed by atoms with Gasteiger partial charge in [0.15, 0.2) is 5.11 Å². The molecule has 0 saturated heterocycles.